The molecular formula is C20H20FNO5. The molecule has 142 valence electrons. The van der Waals surface area contributed by atoms with E-state index in [0.29, 0.717) is 12.1 Å². The Hall–Kier alpha value is -3.22. The summed E-state index contributed by atoms with van der Waals surface area (Å²) >= 11 is 0. The number of hydrogen-bond donors (Lipinski definition) is 2. The highest BCUT2D eigenvalue weighted by atomic mass is 19.1. The maximum Gasteiger partial charge on any atom is 0.303 e. The van der Waals surface area contributed by atoms with Crippen LogP contribution in [0.3, 0.4) is 0 Å². The molecule has 0 saturated carbocycles. The zero-order valence-electron chi connectivity index (χ0n) is 14.8. The number of rotatable bonds is 9. The molecule has 2 rings (SSSR count). The third kappa shape index (κ3) is 6.22. The Bertz CT molecular complexity index is 833. The van der Waals surface area contributed by atoms with Crippen LogP contribution in [0.1, 0.15) is 35.2 Å². The van der Waals surface area contributed by atoms with E-state index in [9.17, 15) is 18.8 Å². The molecule has 0 heterocycles. The first-order valence-corrected chi connectivity index (χ1v) is 8.36. The fraction of sp³-hybridized carbons (Fsp3) is 0.250. The van der Waals surface area contributed by atoms with Crippen LogP contribution in [-0.4, -0.2) is 29.9 Å². The van der Waals surface area contributed by atoms with Gasteiger partial charge >= 0.3 is 5.97 Å². The van der Waals surface area contributed by atoms with E-state index in [-0.39, 0.29) is 42.3 Å². The van der Waals surface area contributed by atoms with Crippen LogP contribution < -0.4 is 10.1 Å². The SMILES string of the molecule is COc1ccc(C(=O)CCC(=O)Nc2ccc(CCC(=O)O)cc2)cc1F. The first-order chi connectivity index (χ1) is 12.9. The van der Waals surface area contributed by atoms with Crippen LogP contribution in [0.15, 0.2) is 42.5 Å². The number of hydrogen-bond acceptors (Lipinski definition) is 4. The number of carboxylic acid groups (broad SMARTS) is 1. The van der Waals surface area contributed by atoms with E-state index in [2.05, 4.69) is 5.32 Å². The summed E-state index contributed by atoms with van der Waals surface area (Å²) in [4.78, 5) is 34.6. The van der Waals surface area contributed by atoms with Crippen molar-refractivity contribution >= 4 is 23.3 Å². The molecule has 0 saturated heterocycles. The monoisotopic (exact) mass is 373 g/mol. The Balaban J connectivity index is 1.84. The predicted molar refractivity (Wildman–Crippen MR) is 97.5 cm³/mol. The van der Waals surface area contributed by atoms with Crippen molar-refractivity contribution in [1.29, 1.82) is 0 Å². The molecule has 0 bridgehead atoms. The molecule has 0 aromatic heterocycles. The van der Waals surface area contributed by atoms with Crippen LogP contribution >= 0.6 is 0 Å². The molecule has 1 amide bonds. The highest BCUT2D eigenvalue weighted by Gasteiger charge is 2.12. The lowest BCUT2D eigenvalue weighted by atomic mass is 10.1. The first-order valence-electron chi connectivity index (χ1n) is 8.36. The number of anilines is 1. The fourth-order valence-electron chi connectivity index (χ4n) is 2.44. The topological polar surface area (TPSA) is 92.7 Å². The number of ketones is 1. The van der Waals surface area contributed by atoms with Crippen molar-refractivity contribution < 1.29 is 28.6 Å². The Kier molecular flexibility index (Phi) is 7.05. The quantitative estimate of drug-likeness (QED) is 0.657. The highest BCUT2D eigenvalue weighted by molar-refractivity contribution is 6.00. The number of Topliss-reactive ketones (excluding diaryl/α,β-unsaturated/α-hetero) is 1. The van der Waals surface area contributed by atoms with Crippen molar-refractivity contribution in [2.45, 2.75) is 25.7 Å². The van der Waals surface area contributed by atoms with Gasteiger partial charge in [-0.3, -0.25) is 14.4 Å². The van der Waals surface area contributed by atoms with Gasteiger partial charge < -0.3 is 15.2 Å². The Labute approximate surface area is 156 Å². The van der Waals surface area contributed by atoms with Gasteiger partial charge in [-0.15, -0.1) is 0 Å². The fourth-order valence-corrected chi connectivity index (χ4v) is 2.44. The van der Waals surface area contributed by atoms with E-state index in [4.69, 9.17) is 9.84 Å². The lowest BCUT2D eigenvalue weighted by molar-refractivity contribution is -0.137. The van der Waals surface area contributed by atoms with Gasteiger partial charge in [-0.2, -0.15) is 0 Å². The number of ether oxygens (including phenoxy) is 1. The molecule has 0 atom stereocenters. The minimum Gasteiger partial charge on any atom is -0.494 e. The number of carboxylic acids is 1. The zero-order valence-corrected chi connectivity index (χ0v) is 14.8. The smallest absolute Gasteiger partial charge is 0.303 e. The minimum atomic E-state index is -0.867. The van der Waals surface area contributed by atoms with E-state index in [1.54, 1.807) is 24.3 Å². The highest BCUT2D eigenvalue weighted by Crippen LogP contribution is 2.19. The lowest BCUT2D eigenvalue weighted by Gasteiger charge is -2.07. The van der Waals surface area contributed by atoms with Gasteiger partial charge in [0.15, 0.2) is 17.3 Å². The number of amides is 1. The van der Waals surface area contributed by atoms with E-state index < -0.39 is 11.8 Å². The number of halogens is 1. The van der Waals surface area contributed by atoms with Gasteiger partial charge in [0, 0.05) is 30.5 Å². The molecule has 6 nitrogen and oxygen atoms in total. The summed E-state index contributed by atoms with van der Waals surface area (Å²) in [6.45, 7) is 0. The lowest BCUT2D eigenvalue weighted by Crippen LogP contribution is -2.13. The molecule has 2 aromatic carbocycles. The molecule has 2 N–H and O–H groups in total. The summed E-state index contributed by atoms with van der Waals surface area (Å²) in [7, 11) is 1.34. The number of carbonyl (C=O) groups excluding carboxylic acids is 2. The molecular weight excluding hydrogens is 353 g/mol. The first kappa shape index (κ1) is 20.1. The van der Waals surface area contributed by atoms with Crippen molar-refractivity contribution in [1.82, 2.24) is 0 Å². The average Bonchev–Trinajstić information content (AvgIpc) is 2.65. The van der Waals surface area contributed by atoms with E-state index >= 15 is 0 Å². The van der Waals surface area contributed by atoms with Gasteiger partial charge in [0.2, 0.25) is 5.91 Å². The molecule has 27 heavy (non-hydrogen) atoms. The summed E-state index contributed by atoms with van der Waals surface area (Å²) in [6.07, 6.45) is 0.373. The summed E-state index contributed by atoms with van der Waals surface area (Å²) < 4.78 is 18.4. The van der Waals surface area contributed by atoms with Gasteiger partial charge in [0.05, 0.1) is 7.11 Å². The molecule has 0 aliphatic carbocycles. The van der Waals surface area contributed by atoms with Crippen molar-refractivity contribution in [3.8, 4) is 5.75 Å². The van der Waals surface area contributed by atoms with Crippen LogP contribution in [0.25, 0.3) is 0 Å². The average molecular weight is 373 g/mol. The summed E-state index contributed by atoms with van der Waals surface area (Å²) in [6, 6.07) is 10.8. The maximum atomic E-state index is 13.6. The van der Waals surface area contributed by atoms with Crippen molar-refractivity contribution in [3.05, 3.63) is 59.4 Å². The summed E-state index contributed by atoms with van der Waals surface area (Å²) in [5.74, 6) is -2.12. The van der Waals surface area contributed by atoms with Crippen molar-refractivity contribution in [2.24, 2.45) is 0 Å². The zero-order chi connectivity index (χ0) is 19.8. The van der Waals surface area contributed by atoms with Crippen molar-refractivity contribution in [2.75, 3.05) is 12.4 Å². The van der Waals surface area contributed by atoms with E-state index in [1.165, 1.54) is 19.2 Å². The van der Waals surface area contributed by atoms with Crippen LogP contribution in [0.4, 0.5) is 10.1 Å². The summed E-state index contributed by atoms with van der Waals surface area (Å²) in [5.41, 5.74) is 1.60. The molecule has 7 heteroatoms. The second-order valence-corrected chi connectivity index (χ2v) is 5.91. The molecule has 0 spiro atoms. The van der Waals surface area contributed by atoms with Gasteiger partial charge in [0.1, 0.15) is 0 Å². The second-order valence-electron chi connectivity index (χ2n) is 5.91. The number of nitrogens with one attached hydrogen (secondary N) is 1. The minimum absolute atomic E-state index is 0.0345. The number of aryl methyl sites for hydroxylation is 1. The number of carbonyl (C=O) groups is 3. The van der Waals surface area contributed by atoms with Crippen LogP contribution in [0, 0.1) is 5.82 Å². The molecule has 0 radical (unpaired) electrons. The van der Waals surface area contributed by atoms with E-state index in [1.807, 2.05) is 0 Å². The molecule has 0 unspecified atom stereocenters. The van der Waals surface area contributed by atoms with Gasteiger partial charge in [-0.25, -0.2) is 4.39 Å². The maximum absolute atomic E-state index is 13.6. The number of aliphatic carboxylic acids is 1. The Morgan fingerprint density at radius 1 is 1.04 bits per heavy atom. The normalized spacial score (nSPS) is 10.3. The third-order valence-electron chi connectivity index (χ3n) is 3.92. The Morgan fingerprint density at radius 2 is 1.74 bits per heavy atom. The van der Waals surface area contributed by atoms with E-state index in [0.717, 1.165) is 11.6 Å². The van der Waals surface area contributed by atoms with Gasteiger partial charge in [0.25, 0.3) is 0 Å². The predicted octanol–water partition coefficient (Wildman–Crippen LogP) is 3.45. The largest absolute Gasteiger partial charge is 0.494 e. The van der Waals surface area contributed by atoms with Gasteiger partial charge in [-0.1, -0.05) is 12.1 Å². The van der Waals surface area contributed by atoms with Crippen LogP contribution in [0.2, 0.25) is 0 Å². The molecule has 2 aromatic rings. The standard InChI is InChI=1S/C20H20FNO5/c1-27-18-9-5-14(12-16(18)21)17(23)8-10-19(24)22-15-6-2-13(3-7-15)4-11-20(25)26/h2-3,5-7,9,12H,4,8,10-11H2,1H3,(H,22,24)(H,25,26). The number of methoxy groups -OCH3 is 1. The molecule has 0 fully saturated rings. The second kappa shape index (κ2) is 9.47. The summed E-state index contributed by atoms with van der Waals surface area (Å²) in [5, 5.41) is 11.3. The number of benzene rings is 2. The van der Waals surface area contributed by atoms with Crippen molar-refractivity contribution in [3.63, 3.8) is 0 Å². The Morgan fingerprint density at radius 3 is 2.33 bits per heavy atom. The van der Waals surface area contributed by atoms with Crippen LogP contribution in [-0.2, 0) is 16.0 Å². The molecule has 0 aliphatic heterocycles. The molecule has 0 aliphatic rings. The third-order valence-corrected chi connectivity index (χ3v) is 3.92. The van der Waals surface area contributed by atoms with Crippen LogP contribution in [0.5, 0.6) is 5.75 Å². The van der Waals surface area contributed by atoms with Gasteiger partial charge in [-0.05, 0) is 42.3 Å².